The number of carbonyl (C=O) groups excluding carboxylic acids is 1. The number of nitrogens with zero attached hydrogens (tertiary/aromatic N) is 2. The van der Waals surface area contributed by atoms with Gasteiger partial charge in [0.05, 0.1) is 12.1 Å². The number of pyridine rings is 1. The SMILES string of the molecule is NN(Cc1ccc(Br)cc1OC(F)(F)P)C(=O)c1ccc(Oc2ccccc2OC(F)(F)F)nc1. The molecule has 3 aromatic rings. The number of alkyl halides is 5. The van der Waals surface area contributed by atoms with E-state index < -0.39 is 23.9 Å². The number of hydrogen-bond acceptors (Lipinski definition) is 6. The van der Waals surface area contributed by atoms with Gasteiger partial charge in [0.25, 0.3) is 5.91 Å². The van der Waals surface area contributed by atoms with E-state index in [1.165, 1.54) is 51.7 Å². The largest absolute Gasteiger partial charge is 0.573 e. The first-order valence-electron chi connectivity index (χ1n) is 9.50. The average molecular weight is 580 g/mol. The van der Waals surface area contributed by atoms with E-state index in [0.717, 1.165) is 17.3 Å². The molecule has 35 heavy (non-hydrogen) atoms. The summed E-state index contributed by atoms with van der Waals surface area (Å²) in [5.74, 6) is 0.461. The molecule has 1 heterocycles. The fourth-order valence-corrected chi connectivity index (χ4v) is 3.21. The standard InChI is InChI=1S/C21H16BrF5N3O4P/c22-14-7-5-13(17(9-14)34-21(26,27)35)11-30(28)19(31)12-6-8-18(29-10-12)32-15-3-1-2-4-16(15)33-20(23,24)25/h1-10H,11,28,35H2. The molecule has 0 spiro atoms. The maximum Gasteiger partial charge on any atom is 0.573 e. The molecular weight excluding hydrogens is 564 g/mol. The van der Waals surface area contributed by atoms with Crippen LogP contribution in [0.4, 0.5) is 22.0 Å². The van der Waals surface area contributed by atoms with Crippen LogP contribution in [-0.2, 0) is 6.54 Å². The number of benzene rings is 2. The van der Waals surface area contributed by atoms with E-state index in [-0.39, 0.29) is 35.1 Å². The molecule has 3 rings (SSSR count). The number of rotatable bonds is 8. The van der Waals surface area contributed by atoms with Crippen LogP contribution in [0.2, 0.25) is 0 Å². The summed E-state index contributed by atoms with van der Waals surface area (Å²) >= 11 is 3.16. The zero-order valence-corrected chi connectivity index (χ0v) is 20.2. The van der Waals surface area contributed by atoms with Gasteiger partial charge in [-0.3, -0.25) is 9.80 Å². The van der Waals surface area contributed by atoms with Crippen LogP contribution in [0.15, 0.2) is 65.3 Å². The summed E-state index contributed by atoms with van der Waals surface area (Å²) < 4.78 is 78.6. The topological polar surface area (TPSA) is 86.9 Å². The summed E-state index contributed by atoms with van der Waals surface area (Å²) in [6, 6.07) is 12.0. The average Bonchev–Trinajstić information content (AvgIpc) is 2.75. The number of carbonyl (C=O) groups is 1. The van der Waals surface area contributed by atoms with Crippen molar-refractivity contribution in [3.05, 3.63) is 76.4 Å². The summed E-state index contributed by atoms with van der Waals surface area (Å²) in [7, 11) is 1.25. The van der Waals surface area contributed by atoms with Gasteiger partial charge in [-0.05, 0) is 39.6 Å². The Kier molecular flexibility index (Phi) is 8.14. The predicted octanol–water partition coefficient (Wildman–Crippen LogP) is 5.86. The van der Waals surface area contributed by atoms with Gasteiger partial charge in [0.15, 0.2) is 11.5 Å². The highest BCUT2D eigenvalue weighted by Crippen LogP contribution is 2.35. The third-order valence-electron chi connectivity index (χ3n) is 4.15. The van der Waals surface area contributed by atoms with Crippen LogP contribution >= 0.6 is 25.2 Å². The Balaban J connectivity index is 1.71. The Bertz CT molecular complexity index is 1190. The number of halogens is 6. The highest BCUT2D eigenvalue weighted by atomic mass is 79.9. The highest BCUT2D eigenvalue weighted by Gasteiger charge is 2.32. The molecule has 0 saturated carbocycles. The zero-order valence-electron chi connectivity index (χ0n) is 17.4. The molecule has 0 bridgehead atoms. The second-order valence-corrected chi connectivity index (χ2v) is 8.42. The minimum Gasteiger partial charge on any atom is -0.435 e. The molecule has 2 N–H and O–H groups in total. The number of aromatic nitrogens is 1. The van der Waals surface area contributed by atoms with Crippen molar-refractivity contribution in [2.75, 3.05) is 0 Å². The fraction of sp³-hybridized carbons (Fsp3) is 0.143. The van der Waals surface area contributed by atoms with Gasteiger partial charge in [-0.2, -0.15) is 8.78 Å². The van der Waals surface area contributed by atoms with E-state index in [0.29, 0.717) is 4.47 Å². The van der Waals surface area contributed by atoms with E-state index in [9.17, 15) is 26.7 Å². The second kappa shape index (κ2) is 10.7. The predicted molar refractivity (Wildman–Crippen MR) is 121 cm³/mol. The van der Waals surface area contributed by atoms with Gasteiger partial charge in [0.2, 0.25) is 5.88 Å². The van der Waals surface area contributed by atoms with Gasteiger partial charge >= 0.3 is 12.2 Å². The number of amides is 1. The molecule has 0 fully saturated rings. The quantitative estimate of drug-likeness (QED) is 0.118. The third kappa shape index (κ3) is 8.01. The summed E-state index contributed by atoms with van der Waals surface area (Å²) in [6.07, 6.45) is -3.82. The van der Waals surface area contributed by atoms with Crippen molar-refractivity contribution < 1.29 is 41.0 Å². The summed E-state index contributed by atoms with van der Waals surface area (Å²) in [5.41, 5.74) is 0.219. The lowest BCUT2D eigenvalue weighted by molar-refractivity contribution is -0.275. The molecule has 0 aliphatic heterocycles. The minimum atomic E-state index is -4.92. The Morgan fingerprint density at radius 3 is 2.29 bits per heavy atom. The van der Waals surface area contributed by atoms with Gasteiger partial charge in [-0.1, -0.05) is 34.1 Å². The van der Waals surface area contributed by atoms with Crippen molar-refractivity contribution in [3.8, 4) is 23.1 Å². The lowest BCUT2D eigenvalue weighted by atomic mass is 10.2. The molecule has 186 valence electrons. The molecule has 7 nitrogen and oxygen atoms in total. The lowest BCUT2D eigenvalue weighted by Crippen LogP contribution is -2.37. The third-order valence-corrected chi connectivity index (χ3v) is 4.76. The molecular formula is C21H16BrF5N3O4P. The molecule has 1 aromatic heterocycles. The smallest absolute Gasteiger partial charge is 0.435 e. The van der Waals surface area contributed by atoms with Gasteiger partial charge in [0, 0.05) is 22.3 Å². The molecule has 2 aromatic carbocycles. The van der Waals surface area contributed by atoms with E-state index in [2.05, 4.69) is 30.4 Å². The normalized spacial score (nSPS) is 11.7. The maximum atomic E-state index is 13.3. The van der Waals surface area contributed by atoms with Crippen molar-refractivity contribution >= 4 is 31.1 Å². The van der Waals surface area contributed by atoms with Crippen LogP contribution in [0.5, 0.6) is 23.1 Å². The van der Waals surface area contributed by atoms with Gasteiger partial charge in [0.1, 0.15) is 5.75 Å². The molecule has 0 radical (unpaired) electrons. The molecule has 1 unspecified atom stereocenters. The Morgan fingerprint density at radius 1 is 1.00 bits per heavy atom. The Morgan fingerprint density at radius 2 is 1.69 bits per heavy atom. The van der Waals surface area contributed by atoms with E-state index in [1.807, 2.05) is 0 Å². The first-order valence-corrected chi connectivity index (χ1v) is 10.9. The van der Waals surface area contributed by atoms with Crippen molar-refractivity contribution in [3.63, 3.8) is 0 Å². The van der Waals surface area contributed by atoms with Crippen LogP contribution in [-0.4, -0.2) is 28.1 Å². The maximum absolute atomic E-state index is 13.3. The summed E-state index contributed by atoms with van der Waals surface area (Å²) in [5, 5.41) is 0.765. The molecule has 1 atom stereocenters. The van der Waals surface area contributed by atoms with E-state index in [4.69, 9.17) is 10.6 Å². The van der Waals surface area contributed by atoms with Crippen LogP contribution in [0.1, 0.15) is 15.9 Å². The summed E-state index contributed by atoms with van der Waals surface area (Å²) in [4.78, 5) is 16.6. The fourth-order valence-electron chi connectivity index (χ4n) is 2.75. The Hall–Kier alpha value is -3.02. The van der Waals surface area contributed by atoms with Crippen LogP contribution in [0.25, 0.3) is 0 Å². The molecule has 0 aliphatic rings. The second-order valence-electron chi connectivity index (χ2n) is 6.83. The van der Waals surface area contributed by atoms with Crippen molar-refractivity contribution in [2.24, 2.45) is 5.84 Å². The molecule has 0 aliphatic carbocycles. The monoisotopic (exact) mass is 579 g/mol. The van der Waals surface area contributed by atoms with Gasteiger partial charge < -0.3 is 14.2 Å². The number of para-hydroxylation sites is 2. The molecule has 14 heteroatoms. The van der Waals surface area contributed by atoms with Crippen LogP contribution in [0, 0.1) is 0 Å². The molecule has 1 amide bonds. The van der Waals surface area contributed by atoms with E-state index >= 15 is 0 Å². The van der Waals surface area contributed by atoms with Crippen molar-refractivity contribution in [2.45, 2.75) is 18.8 Å². The Labute approximate surface area is 206 Å². The first-order chi connectivity index (χ1) is 16.3. The van der Waals surface area contributed by atoms with Crippen molar-refractivity contribution in [1.29, 1.82) is 0 Å². The lowest BCUT2D eigenvalue weighted by Gasteiger charge is -2.21. The van der Waals surface area contributed by atoms with E-state index in [1.54, 1.807) is 6.07 Å². The molecule has 0 saturated heterocycles. The van der Waals surface area contributed by atoms with Crippen LogP contribution < -0.4 is 20.1 Å². The summed E-state index contributed by atoms with van der Waals surface area (Å²) in [6.45, 7) is -0.275. The van der Waals surface area contributed by atoms with Crippen molar-refractivity contribution in [1.82, 2.24) is 9.99 Å². The zero-order chi connectivity index (χ0) is 25.8. The number of nitrogens with two attached hydrogens (primary N) is 1. The van der Waals surface area contributed by atoms with Crippen LogP contribution in [0.3, 0.4) is 0 Å². The van der Waals surface area contributed by atoms with Gasteiger partial charge in [-0.15, -0.1) is 13.2 Å². The number of hydrazine groups is 1. The first kappa shape index (κ1) is 26.6. The number of hydrogen-bond donors (Lipinski definition) is 1. The minimum absolute atomic E-state index is 0.00985. The van der Waals surface area contributed by atoms with Gasteiger partial charge in [-0.25, -0.2) is 10.8 Å². The highest BCUT2D eigenvalue weighted by molar-refractivity contribution is 9.10. The number of ether oxygens (including phenoxy) is 3.